The lowest BCUT2D eigenvalue weighted by molar-refractivity contribution is 0.356. The van der Waals surface area contributed by atoms with Crippen LogP contribution in [0.4, 0.5) is 0 Å². The number of ether oxygens (including phenoxy) is 1. The van der Waals surface area contributed by atoms with E-state index in [1.807, 2.05) is 0 Å². The molecule has 0 saturated heterocycles. The molecule has 1 aromatic carbocycles. The zero-order valence-electron chi connectivity index (χ0n) is 8.96. The summed E-state index contributed by atoms with van der Waals surface area (Å²) in [4.78, 5) is 0. The number of hydrogen-bond donors (Lipinski definition) is 1. The highest BCUT2D eigenvalue weighted by Crippen LogP contribution is 2.40. The zero-order chi connectivity index (χ0) is 10.3. The first-order chi connectivity index (χ1) is 7.38. The topological polar surface area (TPSA) is 35.2 Å². The second-order valence-electron chi connectivity index (χ2n) is 4.57. The molecule has 0 spiro atoms. The van der Waals surface area contributed by atoms with Gasteiger partial charge < -0.3 is 10.5 Å². The Morgan fingerprint density at radius 3 is 3.07 bits per heavy atom. The van der Waals surface area contributed by atoms with Crippen LogP contribution >= 0.6 is 0 Å². The molecule has 2 aliphatic rings. The van der Waals surface area contributed by atoms with E-state index in [-0.39, 0.29) is 0 Å². The van der Waals surface area contributed by atoms with E-state index in [1.165, 1.54) is 29.5 Å². The number of hydrogen-bond acceptors (Lipinski definition) is 2. The Kier molecular flexibility index (Phi) is 2.17. The normalized spacial score (nSPS) is 22.3. The van der Waals surface area contributed by atoms with Crippen LogP contribution in [0.15, 0.2) is 12.1 Å². The third kappa shape index (κ3) is 1.44. The van der Waals surface area contributed by atoms with Gasteiger partial charge in [0.2, 0.25) is 0 Å². The quantitative estimate of drug-likeness (QED) is 0.798. The van der Waals surface area contributed by atoms with Crippen molar-refractivity contribution in [1.82, 2.24) is 0 Å². The van der Waals surface area contributed by atoms with Crippen LogP contribution in [0, 0.1) is 0 Å². The molecule has 15 heavy (non-hydrogen) atoms. The maximum Gasteiger partial charge on any atom is 0.122 e. The highest BCUT2D eigenvalue weighted by molar-refractivity contribution is 5.48. The highest BCUT2D eigenvalue weighted by atomic mass is 16.5. The van der Waals surface area contributed by atoms with E-state index in [9.17, 15) is 0 Å². The molecule has 0 fully saturated rings. The van der Waals surface area contributed by atoms with Crippen LogP contribution in [-0.4, -0.2) is 13.2 Å². The molecule has 3 rings (SSSR count). The summed E-state index contributed by atoms with van der Waals surface area (Å²) in [7, 11) is 0. The standard InChI is InChI=1S/C13H17NO/c14-5-3-9-1-2-10-7-11-4-6-15-13(11)8-12(9)10/h7-9H,1-6,14H2. The molecule has 2 nitrogen and oxygen atoms in total. The average Bonchev–Trinajstić information content (AvgIpc) is 2.82. The lowest BCUT2D eigenvalue weighted by Crippen LogP contribution is -2.04. The van der Waals surface area contributed by atoms with Gasteiger partial charge in [-0.3, -0.25) is 0 Å². The van der Waals surface area contributed by atoms with Gasteiger partial charge in [-0.1, -0.05) is 6.07 Å². The summed E-state index contributed by atoms with van der Waals surface area (Å²) >= 11 is 0. The van der Waals surface area contributed by atoms with Gasteiger partial charge in [0, 0.05) is 6.42 Å². The molecular weight excluding hydrogens is 186 g/mol. The monoisotopic (exact) mass is 203 g/mol. The van der Waals surface area contributed by atoms with Crippen LogP contribution in [0.1, 0.15) is 35.4 Å². The molecule has 1 aliphatic heterocycles. The first-order valence-electron chi connectivity index (χ1n) is 5.87. The van der Waals surface area contributed by atoms with Gasteiger partial charge in [0.1, 0.15) is 5.75 Å². The minimum Gasteiger partial charge on any atom is -0.493 e. The van der Waals surface area contributed by atoms with Gasteiger partial charge in [-0.05, 0) is 54.5 Å². The fourth-order valence-corrected chi connectivity index (χ4v) is 2.87. The lowest BCUT2D eigenvalue weighted by Gasteiger charge is -2.11. The smallest absolute Gasteiger partial charge is 0.122 e. The van der Waals surface area contributed by atoms with E-state index < -0.39 is 0 Å². The third-order valence-corrected chi connectivity index (χ3v) is 3.67. The summed E-state index contributed by atoms with van der Waals surface area (Å²) in [6.45, 7) is 1.65. The number of benzene rings is 1. The van der Waals surface area contributed by atoms with Crippen molar-refractivity contribution in [3.8, 4) is 5.75 Å². The summed E-state index contributed by atoms with van der Waals surface area (Å²) < 4.78 is 5.62. The minimum absolute atomic E-state index is 0.680. The van der Waals surface area contributed by atoms with E-state index >= 15 is 0 Å². The van der Waals surface area contributed by atoms with Crippen LogP contribution in [0.3, 0.4) is 0 Å². The van der Waals surface area contributed by atoms with Crippen molar-refractivity contribution >= 4 is 0 Å². The third-order valence-electron chi connectivity index (χ3n) is 3.67. The number of fused-ring (bicyclic) bond motifs is 2. The lowest BCUT2D eigenvalue weighted by atomic mass is 9.96. The summed E-state index contributed by atoms with van der Waals surface area (Å²) in [5.74, 6) is 1.80. The molecule has 1 aromatic rings. The summed E-state index contributed by atoms with van der Waals surface area (Å²) in [6, 6.07) is 4.62. The SMILES string of the molecule is NCCC1CCc2cc3c(cc21)OCC3. The second-order valence-corrected chi connectivity index (χ2v) is 4.57. The highest BCUT2D eigenvalue weighted by Gasteiger charge is 2.25. The van der Waals surface area contributed by atoms with E-state index in [0.717, 1.165) is 31.7 Å². The number of aryl methyl sites for hydroxylation is 1. The Morgan fingerprint density at radius 1 is 1.27 bits per heavy atom. The molecule has 0 amide bonds. The molecular formula is C13H17NO. The molecule has 1 unspecified atom stereocenters. The second kappa shape index (κ2) is 3.53. The molecule has 1 heterocycles. The van der Waals surface area contributed by atoms with Gasteiger partial charge in [-0.2, -0.15) is 0 Å². The van der Waals surface area contributed by atoms with Gasteiger partial charge in [-0.25, -0.2) is 0 Å². The van der Waals surface area contributed by atoms with Crippen molar-refractivity contribution in [2.75, 3.05) is 13.2 Å². The van der Waals surface area contributed by atoms with Crippen LogP contribution in [0.2, 0.25) is 0 Å². The summed E-state index contributed by atoms with van der Waals surface area (Å²) in [5, 5.41) is 0. The van der Waals surface area contributed by atoms with Crippen molar-refractivity contribution in [3.63, 3.8) is 0 Å². The van der Waals surface area contributed by atoms with E-state index in [4.69, 9.17) is 10.5 Å². The predicted molar refractivity (Wildman–Crippen MR) is 60.4 cm³/mol. The Balaban J connectivity index is 1.98. The Morgan fingerprint density at radius 2 is 2.20 bits per heavy atom. The molecule has 2 heteroatoms. The molecule has 1 aliphatic carbocycles. The summed E-state index contributed by atoms with van der Waals surface area (Å²) in [6.07, 6.45) is 4.71. The van der Waals surface area contributed by atoms with Gasteiger partial charge in [-0.15, -0.1) is 0 Å². The van der Waals surface area contributed by atoms with Crippen molar-refractivity contribution in [2.24, 2.45) is 5.73 Å². The van der Waals surface area contributed by atoms with Crippen LogP contribution < -0.4 is 10.5 Å². The molecule has 2 N–H and O–H groups in total. The molecule has 1 atom stereocenters. The number of nitrogens with two attached hydrogens (primary N) is 1. The maximum absolute atomic E-state index is 5.65. The molecule has 80 valence electrons. The first kappa shape index (κ1) is 9.22. The minimum atomic E-state index is 0.680. The predicted octanol–water partition coefficient (Wildman–Crippen LogP) is 2.00. The largest absolute Gasteiger partial charge is 0.493 e. The Bertz CT molecular complexity index is 386. The fourth-order valence-electron chi connectivity index (χ4n) is 2.87. The maximum atomic E-state index is 5.65. The first-order valence-corrected chi connectivity index (χ1v) is 5.87. The fraction of sp³-hybridized carbons (Fsp3) is 0.538. The molecule has 0 radical (unpaired) electrons. The van der Waals surface area contributed by atoms with Crippen LogP contribution in [-0.2, 0) is 12.8 Å². The van der Waals surface area contributed by atoms with Gasteiger partial charge in [0.25, 0.3) is 0 Å². The van der Waals surface area contributed by atoms with Crippen molar-refractivity contribution in [2.45, 2.75) is 31.6 Å². The van der Waals surface area contributed by atoms with Crippen molar-refractivity contribution in [1.29, 1.82) is 0 Å². The van der Waals surface area contributed by atoms with Crippen molar-refractivity contribution < 1.29 is 4.74 Å². The number of rotatable bonds is 2. The van der Waals surface area contributed by atoms with Gasteiger partial charge in [0.05, 0.1) is 6.61 Å². The van der Waals surface area contributed by atoms with Gasteiger partial charge >= 0.3 is 0 Å². The Hall–Kier alpha value is -1.02. The van der Waals surface area contributed by atoms with Crippen LogP contribution in [0.25, 0.3) is 0 Å². The zero-order valence-corrected chi connectivity index (χ0v) is 8.96. The van der Waals surface area contributed by atoms with Crippen molar-refractivity contribution in [3.05, 3.63) is 28.8 Å². The van der Waals surface area contributed by atoms with Crippen LogP contribution in [0.5, 0.6) is 5.75 Å². The van der Waals surface area contributed by atoms with E-state index in [0.29, 0.717) is 5.92 Å². The van der Waals surface area contributed by atoms with E-state index in [2.05, 4.69) is 12.1 Å². The molecule has 0 saturated carbocycles. The van der Waals surface area contributed by atoms with Gasteiger partial charge in [0.15, 0.2) is 0 Å². The Labute approximate surface area is 90.4 Å². The average molecular weight is 203 g/mol. The van der Waals surface area contributed by atoms with E-state index in [1.54, 1.807) is 0 Å². The molecule has 0 bridgehead atoms. The molecule has 0 aromatic heterocycles. The summed E-state index contributed by atoms with van der Waals surface area (Å²) in [5.41, 5.74) is 10.1.